The Balaban J connectivity index is 1.54. The molecule has 1 saturated heterocycles. The van der Waals surface area contributed by atoms with Crippen LogP contribution in [0.2, 0.25) is 0 Å². The first-order valence-electron chi connectivity index (χ1n) is 11.8. The number of nitrogens with zero attached hydrogens (tertiary/aromatic N) is 4. The van der Waals surface area contributed by atoms with Gasteiger partial charge in [0.15, 0.2) is 0 Å². The Bertz CT molecular complexity index is 1120. The van der Waals surface area contributed by atoms with Crippen LogP contribution in [0.5, 0.6) is 0 Å². The van der Waals surface area contributed by atoms with Crippen LogP contribution in [0.15, 0.2) is 48.7 Å². The van der Waals surface area contributed by atoms with Gasteiger partial charge in [-0.15, -0.1) is 0 Å². The van der Waals surface area contributed by atoms with E-state index in [1.54, 1.807) is 4.90 Å². The highest BCUT2D eigenvalue weighted by Gasteiger charge is 2.28. The lowest BCUT2D eigenvalue weighted by molar-refractivity contribution is -0.123. The van der Waals surface area contributed by atoms with Gasteiger partial charge in [0.05, 0.1) is 17.2 Å². The molecule has 0 spiro atoms. The number of amides is 2. The molecule has 2 aromatic heterocycles. The molecule has 0 saturated carbocycles. The lowest BCUT2D eigenvalue weighted by Crippen LogP contribution is -2.44. The third kappa shape index (κ3) is 5.02. The molecule has 0 radical (unpaired) electrons. The molecule has 1 aliphatic heterocycles. The number of piperidine rings is 1. The number of pyridine rings is 1. The molecule has 1 aromatic carbocycles. The molecule has 3 aromatic rings. The molecule has 7 nitrogen and oxygen atoms in total. The molecule has 0 bridgehead atoms. The predicted octanol–water partition coefficient (Wildman–Crippen LogP) is 3.30. The molecule has 4 rings (SSSR count). The Morgan fingerprint density at radius 1 is 1.18 bits per heavy atom. The molecule has 0 aliphatic carbocycles. The number of hydrogen-bond acceptors (Lipinski definition) is 4. The zero-order chi connectivity index (χ0) is 23.4. The van der Waals surface area contributed by atoms with Crippen LogP contribution in [0.3, 0.4) is 0 Å². The maximum absolute atomic E-state index is 13.2. The number of imidazole rings is 1. The summed E-state index contributed by atoms with van der Waals surface area (Å²) < 4.78 is 2.03. The number of rotatable bonds is 8. The van der Waals surface area contributed by atoms with Crippen molar-refractivity contribution in [2.75, 3.05) is 31.6 Å². The third-order valence-electron chi connectivity index (χ3n) is 6.52. The van der Waals surface area contributed by atoms with Crippen LogP contribution >= 0.6 is 0 Å². The van der Waals surface area contributed by atoms with Crippen LogP contribution < -0.4 is 10.6 Å². The first-order valence-corrected chi connectivity index (χ1v) is 11.8. The number of nitrogens with two attached hydrogens (primary N) is 1. The van der Waals surface area contributed by atoms with Crippen LogP contribution in [-0.4, -0.2) is 52.8 Å². The Morgan fingerprint density at radius 3 is 2.70 bits per heavy atom. The number of fused-ring (bicyclic) bond motifs is 1. The minimum atomic E-state index is -0.329. The smallest absolute Gasteiger partial charge is 0.255 e. The van der Waals surface area contributed by atoms with E-state index < -0.39 is 0 Å². The summed E-state index contributed by atoms with van der Waals surface area (Å²) in [6.45, 7) is 4.03. The van der Waals surface area contributed by atoms with Gasteiger partial charge in [0.1, 0.15) is 11.5 Å². The van der Waals surface area contributed by atoms with E-state index in [-0.39, 0.29) is 17.7 Å². The number of hydrogen-bond donors (Lipinski definition) is 1. The van der Waals surface area contributed by atoms with Crippen LogP contribution in [-0.2, 0) is 17.6 Å². The van der Waals surface area contributed by atoms with Crippen LogP contribution in [0.25, 0.3) is 5.65 Å². The van der Waals surface area contributed by atoms with Crippen molar-refractivity contribution in [2.24, 2.45) is 11.7 Å². The summed E-state index contributed by atoms with van der Waals surface area (Å²) >= 11 is 0. The second-order valence-corrected chi connectivity index (χ2v) is 8.89. The first kappa shape index (κ1) is 22.8. The fourth-order valence-corrected chi connectivity index (χ4v) is 4.70. The fraction of sp³-hybridized carbons (Fsp3) is 0.423. The molecule has 174 valence electrons. The number of aromatic nitrogens is 2. The van der Waals surface area contributed by atoms with Gasteiger partial charge in [0, 0.05) is 32.9 Å². The lowest BCUT2D eigenvalue weighted by Gasteiger charge is -2.31. The Labute approximate surface area is 195 Å². The average Bonchev–Trinajstić information content (AvgIpc) is 3.22. The van der Waals surface area contributed by atoms with Gasteiger partial charge in [0.2, 0.25) is 5.91 Å². The standard InChI is InChI=1S/C26H33N5O2/c1-3-22-25(29(2)15-7-11-19-9-5-4-6-10-19)31-18-21(13-14-23(31)28-22)26(33)30-16-8-12-20(17-30)24(27)32/h4-6,9-10,13-14,18,20H,3,7-8,11-12,15-17H2,1-2H3,(H2,27,32). The highest BCUT2D eigenvalue weighted by molar-refractivity contribution is 5.95. The van der Waals surface area contributed by atoms with Gasteiger partial charge < -0.3 is 15.5 Å². The second-order valence-electron chi connectivity index (χ2n) is 8.89. The monoisotopic (exact) mass is 447 g/mol. The minimum Gasteiger partial charge on any atom is -0.369 e. The fourth-order valence-electron chi connectivity index (χ4n) is 4.70. The molecular formula is C26H33N5O2. The Morgan fingerprint density at radius 2 is 1.97 bits per heavy atom. The molecule has 33 heavy (non-hydrogen) atoms. The zero-order valence-electron chi connectivity index (χ0n) is 19.5. The molecule has 1 aliphatic rings. The molecule has 2 N–H and O–H groups in total. The van der Waals surface area contributed by atoms with E-state index >= 15 is 0 Å². The number of carbonyl (C=O) groups is 2. The van der Waals surface area contributed by atoms with Crippen LogP contribution in [0.4, 0.5) is 5.82 Å². The minimum absolute atomic E-state index is 0.0627. The quantitative estimate of drug-likeness (QED) is 0.574. The number of benzene rings is 1. The normalized spacial score (nSPS) is 16.2. The number of primary amides is 1. The van der Waals surface area contributed by atoms with Crippen molar-refractivity contribution in [3.63, 3.8) is 0 Å². The maximum Gasteiger partial charge on any atom is 0.255 e. The van der Waals surface area contributed by atoms with Gasteiger partial charge in [-0.25, -0.2) is 4.98 Å². The molecule has 1 atom stereocenters. The first-order chi connectivity index (χ1) is 16.0. The number of carbonyl (C=O) groups excluding carboxylic acids is 2. The lowest BCUT2D eigenvalue weighted by atomic mass is 9.97. The van der Waals surface area contributed by atoms with Crippen molar-refractivity contribution < 1.29 is 9.59 Å². The van der Waals surface area contributed by atoms with E-state index in [0.717, 1.165) is 55.8 Å². The SMILES string of the molecule is CCc1nc2ccc(C(=O)N3CCCC(C(N)=O)C3)cn2c1N(C)CCCc1ccccc1. The highest BCUT2D eigenvalue weighted by atomic mass is 16.2. The van der Waals surface area contributed by atoms with Gasteiger partial charge in [-0.3, -0.25) is 14.0 Å². The molecule has 7 heteroatoms. The number of anilines is 1. The highest BCUT2D eigenvalue weighted by Crippen LogP contribution is 2.25. The van der Waals surface area contributed by atoms with Crippen molar-refractivity contribution in [1.29, 1.82) is 0 Å². The van der Waals surface area contributed by atoms with Gasteiger partial charge >= 0.3 is 0 Å². The van der Waals surface area contributed by atoms with Crippen molar-refractivity contribution in [1.82, 2.24) is 14.3 Å². The number of likely N-dealkylation sites (tertiary alicyclic amines) is 1. The van der Waals surface area contributed by atoms with Gasteiger partial charge in [-0.05, 0) is 49.8 Å². The summed E-state index contributed by atoms with van der Waals surface area (Å²) in [5, 5.41) is 0. The van der Waals surface area contributed by atoms with Crippen molar-refractivity contribution in [3.05, 3.63) is 65.5 Å². The van der Waals surface area contributed by atoms with E-state index in [1.807, 2.05) is 28.8 Å². The largest absolute Gasteiger partial charge is 0.369 e. The van der Waals surface area contributed by atoms with Crippen LogP contribution in [0, 0.1) is 5.92 Å². The summed E-state index contributed by atoms with van der Waals surface area (Å²) in [6, 6.07) is 14.2. The number of aryl methyl sites for hydroxylation is 2. The molecule has 1 fully saturated rings. The van der Waals surface area contributed by atoms with Crippen molar-refractivity contribution >= 4 is 23.3 Å². The third-order valence-corrected chi connectivity index (χ3v) is 6.52. The summed E-state index contributed by atoms with van der Waals surface area (Å²) in [5.74, 6) is 0.374. The van der Waals surface area contributed by atoms with E-state index in [4.69, 9.17) is 10.7 Å². The summed E-state index contributed by atoms with van der Waals surface area (Å²) in [6.07, 6.45) is 6.29. The summed E-state index contributed by atoms with van der Waals surface area (Å²) in [5.41, 5.74) is 9.29. The zero-order valence-corrected chi connectivity index (χ0v) is 19.5. The van der Waals surface area contributed by atoms with E-state index in [9.17, 15) is 9.59 Å². The molecular weight excluding hydrogens is 414 g/mol. The van der Waals surface area contributed by atoms with E-state index in [0.29, 0.717) is 18.7 Å². The Kier molecular flexibility index (Phi) is 6.96. The maximum atomic E-state index is 13.2. The molecule has 3 heterocycles. The van der Waals surface area contributed by atoms with Crippen molar-refractivity contribution in [2.45, 2.75) is 39.0 Å². The predicted molar refractivity (Wildman–Crippen MR) is 130 cm³/mol. The van der Waals surface area contributed by atoms with Crippen molar-refractivity contribution in [3.8, 4) is 0 Å². The summed E-state index contributed by atoms with van der Waals surface area (Å²) in [7, 11) is 2.09. The topological polar surface area (TPSA) is 83.9 Å². The van der Waals surface area contributed by atoms with Crippen LogP contribution in [0.1, 0.15) is 47.8 Å². The van der Waals surface area contributed by atoms with Gasteiger partial charge in [0.25, 0.3) is 5.91 Å². The molecule has 1 unspecified atom stereocenters. The average molecular weight is 448 g/mol. The Hall–Kier alpha value is -3.35. The molecule has 2 amide bonds. The summed E-state index contributed by atoms with van der Waals surface area (Å²) in [4.78, 5) is 33.6. The van der Waals surface area contributed by atoms with Gasteiger partial charge in [-0.2, -0.15) is 0 Å². The van der Waals surface area contributed by atoms with E-state index in [1.165, 1.54) is 5.56 Å². The van der Waals surface area contributed by atoms with Gasteiger partial charge in [-0.1, -0.05) is 37.3 Å². The van der Waals surface area contributed by atoms with E-state index in [2.05, 4.69) is 43.1 Å². The second kappa shape index (κ2) is 10.1.